The molecule has 6 atom stereocenters. The average Bonchev–Trinajstić information content (AvgIpc) is 2.62. The molecule has 0 radical (unpaired) electrons. The molecule has 2 heteroatoms. The number of rotatable bonds is 0. The Bertz CT molecular complexity index is 429. The van der Waals surface area contributed by atoms with Crippen molar-refractivity contribution in [3.05, 3.63) is 11.6 Å². The van der Waals surface area contributed by atoms with E-state index in [1.165, 1.54) is 18.4 Å². The maximum Gasteiger partial charge on any atom is 0.114 e. The van der Waals surface area contributed by atoms with Gasteiger partial charge in [-0.2, -0.15) is 0 Å². The van der Waals surface area contributed by atoms with E-state index in [-0.39, 0.29) is 17.3 Å². The molecule has 1 saturated heterocycles. The van der Waals surface area contributed by atoms with Crippen LogP contribution in [0.5, 0.6) is 0 Å². The van der Waals surface area contributed by atoms with Gasteiger partial charge in [-0.3, -0.25) is 0 Å². The second-order valence-corrected chi connectivity index (χ2v) is 7.19. The van der Waals surface area contributed by atoms with E-state index in [1.54, 1.807) is 0 Å². The minimum atomic E-state index is -0.390. The van der Waals surface area contributed by atoms with Crippen LogP contribution >= 0.6 is 0 Å². The fraction of sp³-hybridized carbons (Fsp3) is 0.867. The highest BCUT2D eigenvalue weighted by Gasteiger charge is 2.71. The third-order valence-corrected chi connectivity index (χ3v) is 6.52. The summed E-state index contributed by atoms with van der Waals surface area (Å²) < 4.78 is 6.40. The molecule has 2 saturated carbocycles. The predicted octanol–water partition coefficient (Wildman–Crippen LogP) is 2.66. The molecule has 2 unspecified atom stereocenters. The van der Waals surface area contributed by atoms with Crippen LogP contribution in [-0.4, -0.2) is 22.4 Å². The first-order valence-corrected chi connectivity index (χ1v) is 7.02. The van der Waals surface area contributed by atoms with E-state index in [9.17, 15) is 5.11 Å². The van der Waals surface area contributed by atoms with Gasteiger partial charge in [0, 0.05) is 5.92 Å². The standard InChI is InChI=1S/C15H22O2/c1-9-4-5-11-14(3)12(16)10-8-15(9,11)7-6-13(10,2)17-14/h5,9-10,12,16H,4,6-8H2,1-3H3/t9?,10-,12?,13-,14-,15+/m1/s1. The summed E-state index contributed by atoms with van der Waals surface area (Å²) in [4.78, 5) is 0. The number of hydrogen-bond acceptors (Lipinski definition) is 2. The van der Waals surface area contributed by atoms with Gasteiger partial charge in [0.1, 0.15) is 5.60 Å². The lowest BCUT2D eigenvalue weighted by Crippen LogP contribution is -2.54. The van der Waals surface area contributed by atoms with Crippen LogP contribution in [0.15, 0.2) is 11.6 Å². The van der Waals surface area contributed by atoms with Gasteiger partial charge in [0.05, 0.1) is 11.7 Å². The van der Waals surface area contributed by atoms with Gasteiger partial charge in [-0.1, -0.05) is 13.0 Å². The van der Waals surface area contributed by atoms with E-state index in [0.29, 0.717) is 11.3 Å². The van der Waals surface area contributed by atoms with Gasteiger partial charge in [0.25, 0.3) is 0 Å². The first-order chi connectivity index (χ1) is 7.92. The topological polar surface area (TPSA) is 29.5 Å². The number of fused-ring (bicyclic) bond motifs is 2. The molecule has 94 valence electrons. The fourth-order valence-electron chi connectivity index (χ4n) is 5.46. The van der Waals surface area contributed by atoms with E-state index in [2.05, 4.69) is 26.8 Å². The highest BCUT2D eigenvalue weighted by atomic mass is 16.5. The van der Waals surface area contributed by atoms with Crippen LogP contribution < -0.4 is 0 Å². The van der Waals surface area contributed by atoms with E-state index < -0.39 is 0 Å². The van der Waals surface area contributed by atoms with Crippen molar-refractivity contribution in [3.8, 4) is 0 Å². The maximum absolute atomic E-state index is 10.6. The molecule has 4 rings (SSSR count). The SMILES string of the molecule is CC1CC=C2[C@]13CC[C@@]1(C)O[C@@]2(C)C(O)[C@H]1C3. The predicted molar refractivity (Wildman–Crippen MR) is 65.5 cm³/mol. The normalized spacial score (nSPS) is 63.8. The van der Waals surface area contributed by atoms with E-state index >= 15 is 0 Å². The molecule has 0 aromatic rings. The first-order valence-electron chi connectivity index (χ1n) is 7.02. The summed E-state index contributed by atoms with van der Waals surface area (Å²) in [6, 6.07) is 0. The summed E-state index contributed by atoms with van der Waals surface area (Å²) in [5.74, 6) is 1.08. The number of hydrogen-bond donors (Lipinski definition) is 1. The molecular weight excluding hydrogens is 212 g/mol. The molecule has 3 fully saturated rings. The second kappa shape index (κ2) is 2.65. The zero-order chi connectivity index (χ0) is 12.1. The van der Waals surface area contributed by atoms with Crippen molar-refractivity contribution in [3.63, 3.8) is 0 Å². The summed E-state index contributed by atoms with van der Waals surface area (Å²) in [6.45, 7) is 6.72. The van der Waals surface area contributed by atoms with Gasteiger partial charge in [-0.25, -0.2) is 0 Å². The van der Waals surface area contributed by atoms with Crippen molar-refractivity contribution in [2.24, 2.45) is 17.3 Å². The monoisotopic (exact) mass is 234 g/mol. The summed E-state index contributed by atoms with van der Waals surface area (Å²) in [5, 5.41) is 10.6. The van der Waals surface area contributed by atoms with Gasteiger partial charge in [0.15, 0.2) is 0 Å². The fourth-order valence-corrected chi connectivity index (χ4v) is 5.46. The molecular formula is C15H22O2. The molecule has 1 N–H and O–H groups in total. The van der Waals surface area contributed by atoms with Gasteiger partial charge >= 0.3 is 0 Å². The Morgan fingerprint density at radius 3 is 2.88 bits per heavy atom. The van der Waals surface area contributed by atoms with Crippen LogP contribution in [-0.2, 0) is 4.74 Å². The Hall–Kier alpha value is -0.340. The Morgan fingerprint density at radius 2 is 2.12 bits per heavy atom. The number of aliphatic hydroxyl groups excluding tert-OH is 1. The summed E-state index contributed by atoms with van der Waals surface area (Å²) in [6.07, 6.45) is 6.78. The number of ether oxygens (including phenoxy) is 1. The lowest BCUT2D eigenvalue weighted by atomic mass is 9.51. The lowest BCUT2D eigenvalue weighted by Gasteiger charge is -2.52. The van der Waals surface area contributed by atoms with E-state index in [1.807, 2.05) is 0 Å². The Balaban J connectivity index is 1.95. The smallest absolute Gasteiger partial charge is 0.114 e. The average molecular weight is 234 g/mol. The van der Waals surface area contributed by atoms with Crippen LogP contribution in [0.2, 0.25) is 0 Å². The largest absolute Gasteiger partial charge is 0.389 e. The molecule has 0 aromatic carbocycles. The van der Waals surface area contributed by atoms with Gasteiger partial charge in [0.2, 0.25) is 0 Å². The molecule has 3 aliphatic carbocycles. The third kappa shape index (κ3) is 0.910. The van der Waals surface area contributed by atoms with Crippen LogP contribution in [0.3, 0.4) is 0 Å². The molecule has 4 aliphatic rings. The molecule has 3 bridgehead atoms. The van der Waals surface area contributed by atoms with Gasteiger partial charge in [-0.05, 0) is 56.4 Å². The van der Waals surface area contributed by atoms with Crippen molar-refractivity contribution in [1.82, 2.24) is 0 Å². The van der Waals surface area contributed by atoms with Crippen LogP contribution in [0.4, 0.5) is 0 Å². The van der Waals surface area contributed by atoms with E-state index in [4.69, 9.17) is 4.74 Å². The van der Waals surface area contributed by atoms with E-state index in [0.717, 1.165) is 18.8 Å². The minimum Gasteiger partial charge on any atom is -0.389 e. The highest BCUT2D eigenvalue weighted by molar-refractivity contribution is 5.40. The molecule has 1 aliphatic heterocycles. The Kier molecular flexibility index (Phi) is 1.65. The van der Waals surface area contributed by atoms with Crippen molar-refractivity contribution in [2.45, 2.75) is 63.8 Å². The van der Waals surface area contributed by atoms with Crippen LogP contribution in [0.25, 0.3) is 0 Å². The Morgan fingerprint density at radius 1 is 1.35 bits per heavy atom. The molecule has 0 amide bonds. The minimum absolute atomic E-state index is 0.0791. The van der Waals surface area contributed by atoms with Crippen LogP contribution in [0, 0.1) is 17.3 Å². The first kappa shape index (κ1) is 10.6. The maximum atomic E-state index is 10.6. The highest BCUT2D eigenvalue weighted by Crippen LogP contribution is 2.70. The van der Waals surface area contributed by atoms with Crippen molar-refractivity contribution in [1.29, 1.82) is 0 Å². The third-order valence-electron chi connectivity index (χ3n) is 6.52. The lowest BCUT2D eigenvalue weighted by molar-refractivity contribution is -0.0839. The molecule has 0 aromatic heterocycles. The van der Waals surface area contributed by atoms with Crippen molar-refractivity contribution in [2.75, 3.05) is 0 Å². The summed E-state index contributed by atoms with van der Waals surface area (Å²) in [7, 11) is 0. The Labute approximate surface area is 103 Å². The summed E-state index contributed by atoms with van der Waals surface area (Å²) >= 11 is 0. The zero-order valence-corrected chi connectivity index (χ0v) is 11.0. The molecule has 2 nitrogen and oxygen atoms in total. The summed E-state index contributed by atoms with van der Waals surface area (Å²) in [5.41, 5.74) is 1.32. The second-order valence-electron chi connectivity index (χ2n) is 7.19. The van der Waals surface area contributed by atoms with Crippen LogP contribution in [0.1, 0.15) is 46.5 Å². The number of aliphatic hydroxyl groups is 1. The number of allylic oxidation sites excluding steroid dienone is 1. The van der Waals surface area contributed by atoms with Gasteiger partial charge < -0.3 is 9.84 Å². The molecule has 1 spiro atoms. The van der Waals surface area contributed by atoms with Crippen molar-refractivity contribution >= 4 is 0 Å². The zero-order valence-electron chi connectivity index (χ0n) is 11.0. The van der Waals surface area contributed by atoms with Crippen molar-refractivity contribution < 1.29 is 9.84 Å². The molecule has 17 heavy (non-hydrogen) atoms. The molecule has 1 heterocycles. The quantitative estimate of drug-likeness (QED) is 0.653. The van der Waals surface area contributed by atoms with Gasteiger partial charge in [-0.15, -0.1) is 0 Å².